The van der Waals surface area contributed by atoms with Crippen LogP contribution in [0.25, 0.3) is 0 Å². The summed E-state index contributed by atoms with van der Waals surface area (Å²) in [5.74, 6) is -2.55. The van der Waals surface area contributed by atoms with Gasteiger partial charge in [-0.15, -0.1) is 0 Å². The molecule has 54 heavy (non-hydrogen) atoms. The van der Waals surface area contributed by atoms with Gasteiger partial charge in [0.05, 0.1) is 17.3 Å². The number of rotatable bonds is 16. The number of hydrogen-bond donors (Lipinski definition) is 4. The molecule has 3 saturated carbocycles. The number of sulfonamides is 1. The number of amides is 5. The lowest BCUT2D eigenvalue weighted by molar-refractivity contribution is -0.145. The van der Waals surface area contributed by atoms with Crippen LogP contribution >= 0.6 is 0 Å². The minimum Gasteiger partial charge on any atom is -0.347 e. The Bertz CT molecular complexity index is 1460. The van der Waals surface area contributed by atoms with E-state index < -0.39 is 68.3 Å². The largest absolute Gasteiger partial charge is 0.347 e. The Kier molecular flexibility index (Phi) is 14.7. The van der Waals surface area contributed by atoms with E-state index in [2.05, 4.69) is 21.3 Å². The van der Waals surface area contributed by atoms with Gasteiger partial charge in [0.2, 0.25) is 27.6 Å². The van der Waals surface area contributed by atoms with Crippen LogP contribution in [0.1, 0.15) is 151 Å². The molecule has 13 nitrogen and oxygen atoms in total. The van der Waals surface area contributed by atoms with E-state index in [-0.39, 0.29) is 29.5 Å². The van der Waals surface area contributed by atoms with Gasteiger partial charge in [-0.3, -0.25) is 19.2 Å². The predicted octanol–water partition coefficient (Wildman–Crippen LogP) is 4.78. The zero-order valence-electron chi connectivity index (χ0n) is 34.4. The van der Waals surface area contributed by atoms with Crippen LogP contribution in [-0.2, 0) is 29.2 Å². The van der Waals surface area contributed by atoms with Crippen LogP contribution < -0.4 is 21.3 Å². The molecule has 4 atom stereocenters. The van der Waals surface area contributed by atoms with Crippen molar-refractivity contribution in [2.24, 2.45) is 17.3 Å². The number of carbonyl (C=O) groups is 5. The first-order valence-corrected chi connectivity index (χ1v) is 22.4. The molecule has 0 unspecified atom stereocenters. The molecule has 14 heteroatoms. The maximum Gasteiger partial charge on any atom is 0.315 e. The second-order valence-corrected chi connectivity index (χ2v) is 20.5. The minimum atomic E-state index is -3.75. The average Bonchev–Trinajstić information content (AvgIpc) is 3.80. The smallest absolute Gasteiger partial charge is 0.315 e. The van der Waals surface area contributed by atoms with E-state index in [9.17, 15) is 32.4 Å². The van der Waals surface area contributed by atoms with Gasteiger partial charge < -0.3 is 26.2 Å². The number of ketones is 1. The number of hydrogen-bond acceptors (Lipinski definition) is 7. The minimum absolute atomic E-state index is 0.00208. The van der Waals surface area contributed by atoms with Crippen molar-refractivity contribution in [3.63, 3.8) is 0 Å². The molecule has 1 saturated heterocycles. The van der Waals surface area contributed by atoms with Crippen molar-refractivity contribution in [3.8, 4) is 0 Å². The third kappa shape index (κ3) is 11.0. The molecule has 1 heterocycles. The lowest BCUT2D eigenvalue weighted by Crippen LogP contribution is -2.65. The maximum absolute atomic E-state index is 15.0. The molecule has 4 aliphatic rings. The Labute approximate surface area is 324 Å². The molecule has 0 spiro atoms. The normalized spacial score (nSPS) is 24.1. The first-order valence-electron chi connectivity index (χ1n) is 20.7. The molecule has 0 bridgehead atoms. The number of carbonyl (C=O) groups excluding carboxylic acids is 5. The van der Waals surface area contributed by atoms with E-state index in [0.29, 0.717) is 51.5 Å². The molecule has 0 aromatic rings. The third-order valence-electron chi connectivity index (χ3n) is 12.7. The molecule has 308 valence electrons. The van der Waals surface area contributed by atoms with E-state index in [1.807, 2.05) is 48.5 Å². The Balaban J connectivity index is 1.61. The fourth-order valence-corrected chi connectivity index (χ4v) is 10.9. The highest BCUT2D eigenvalue weighted by Gasteiger charge is 2.50. The summed E-state index contributed by atoms with van der Waals surface area (Å²) >= 11 is 0. The summed E-state index contributed by atoms with van der Waals surface area (Å²) in [6.07, 6.45) is 11.7. The zero-order chi connectivity index (χ0) is 40.1. The van der Waals surface area contributed by atoms with Crippen molar-refractivity contribution in [3.05, 3.63) is 0 Å². The summed E-state index contributed by atoms with van der Waals surface area (Å²) in [5.41, 5.74) is -2.22. The lowest BCUT2D eigenvalue weighted by atomic mass is 9.70. The van der Waals surface area contributed by atoms with Crippen molar-refractivity contribution in [2.45, 2.75) is 186 Å². The summed E-state index contributed by atoms with van der Waals surface area (Å²) in [4.78, 5) is 71.2. The van der Waals surface area contributed by atoms with Crippen LogP contribution in [0, 0.1) is 17.3 Å². The van der Waals surface area contributed by atoms with E-state index in [4.69, 9.17) is 0 Å². The average molecular weight is 779 g/mol. The fraction of sp³-hybridized carbons (Fsp3) is 0.875. The van der Waals surface area contributed by atoms with E-state index in [0.717, 1.165) is 57.8 Å². The molecular weight excluding hydrogens is 709 g/mol. The first kappa shape index (κ1) is 44.0. The number of nitrogens with zero attached hydrogens (tertiary/aromatic N) is 2. The molecular formula is C40H70N6O7S. The van der Waals surface area contributed by atoms with Crippen molar-refractivity contribution in [1.82, 2.24) is 30.5 Å². The Morgan fingerprint density at radius 2 is 1.48 bits per heavy atom. The van der Waals surface area contributed by atoms with E-state index >= 15 is 0 Å². The number of Topliss-reactive ketones (excluding diaryl/α,β-unsaturated/α-hetero) is 1. The third-order valence-corrected chi connectivity index (χ3v) is 15.0. The Hall–Kier alpha value is -2.74. The lowest BCUT2D eigenvalue weighted by Gasteiger charge is -2.44. The van der Waals surface area contributed by atoms with Crippen LogP contribution in [-0.4, -0.2) is 102 Å². The summed E-state index contributed by atoms with van der Waals surface area (Å²) in [6, 6.07) is -3.43. The van der Waals surface area contributed by atoms with Crippen molar-refractivity contribution >= 4 is 39.6 Å². The fourth-order valence-electron chi connectivity index (χ4n) is 8.83. The van der Waals surface area contributed by atoms with Gasteiger partial charge in [0.1, 0.15) is 12.1 Å². The Morgan fingerprint density at radius 3 is 2.02 bits per heavy atom. The number of unbranched alkanes of at least 4 members (excludes halogenated alkanes) is 1. The quantitative estimate of drug-likeness (QED) is 0.163. The molecule has 0 aromatic carbocycles. The molecule has 4 fully saturated rings. The van der Waals surface area contributed by atoms with Gasteiger partial charge in [-0.2, -0.15) is 4.31 Å². The highest BCUT2D eigenvalue weighted by Crippen LogP contribution is 2.41. The van der Waals surface area contributed by atoms with Crippen molar-refractivity contribution in [2.75, 3.05) is 19.3 Å². The van der Waals surface area contributed by atoms with E-state index in [1.54, 1.807) is 11.9 Å². The van der Waals surface area contributed by atoms with Gasteiger partial charge in [0.25, 0.3) is 5.91 Å². The van der Waals surface area contributed by atoms with Crippen LogP contribution in [0.5, 0.6) is 0 Å². The molecule has 0 aromatic heterocycles. The van der Waals surface area contributed by atoms with Crippen LogP contribution in [0.4, 0.5) is 4.79 Å². The summed E-state index contributed by atoms with van der Waals surface area (Å²) in [7, 11) is -2.18. The molecule has 5 amide bonds. The maximum atomic E-state index is 15.0. The summed E-state index contributed by atoms with van der Waals surface area (Å²) in [5, 5.41) is 11.8. The van der Waals surface area contributed by atoms with E-state index in [1.165, 1.54) is 4.31 Å². The van der Waals surface area contributed by atoms with Crippen LogP contribution in [0.15, 0.2) is 0 Å². The zero-order valence-corrected chi connectivity index (χ0v) is 35.2. The number of urea groups is 1. The summed E-state index contributed by atoms with van der Waals surface area (Å²) < 4.78 is 28.8. The predicted molar refractivity (Wildman–Crippen MR) is 210 cm³/mol. The highest BCUT2D eigenvalue weighted by molar-refractivity contribution is 7.89. The van der Waals surface area contributed by atoms with Gasteiger partial charge in [0.15, 0.2) is 0 Å². The SMILES string of the molecule is CCCC[C@H](NC(=O)[C@@H]1[C@@H](C(C)C)CCN1C(=O)[C@@H](NC(=O)NC1(CS(=O)(=O)N(C)C(C)(C)C)CCCCC1)C1(C)CCCCC1)C(=O)C(=O)NC1CC1. The molecule has 4 rings (SSSR count). The summed E-state index contributed by atoms with van der Waals surface area (Å²) in [6.45, 7) is 13.9. The van der Waals surface area contributed by atoms with Gasteiger partial charge in [-0.05, 0) is 89.4 Å². The molecule has 4 N–H and O–H groups in total. The molecule has 1 aliphatic heterocycles. The van der Waals surface area contributed by atoms with Gasteiger partial charge in [-0.25, -0.2) is 13.2 Å². The van der Waals surface area contributed by atoms with Gasteiger partial charge in [-0.1, -0.05) is 79.1 Å². The topological polar surface area (TPSA) is 174 Å². The molecule has 0 radical (unpaired) electrons. The standard InChI is InChI=1S/C40H70N6O7S/c1-9-10-17-30(32(47)35(49)41-28-18-19-28)42-34(48)31-29(27(2)3)20-25-46(31)36(50)33(39(7)21-13-11-14-22-39)43-37(51)44-40(23-15-12-16-24-40)26-54(52,53)45(8)38(4,5)6/h27-31,33H,9-26H2,1-8H3,(H,41,49)(H,42,48)(H2,43,44,51)/t29-,30+,31+,33-/m1/s1. The van der Waals surface area contributed by atoms with Gasteiger partial charge in [0, 0.05) is 25.2 Å². The highest BCUT2D eigenvalue weighted by atomic mass is 32.2. The Morgan fingerprint density at radius 1 is 0.889 bits per heavy atom. The number of nitrogens with one attached hydrogen (secondary N) is 4. The van der Waals surface area contributed by atoms with Gasteiger partial charge >= 0.3 is 6.03 Å². The van der Waals surface area contributed by atoms with Crippen molar-refractivity contribution < 1.29 is 32.4 Å². The van der Waals surface area contributed by atoms with Crippen molar-refractivity contribution in [1.29, 1.82) is 0 Å². The first-order chi connectivity index (χ1) is 25.2. The van der Waals surface area contributed by atoms with Crippen LogP contribution in [0.2, 0.25) is 0 Å². The second kappa shape index (κ2) is 18.0. The monoisotopic (exact) mass is 779 g/mol. The van der Waals surface area contributed by atoms with Crippen LogP contribution in [0.3, 0.4) is 0 Å². The second-order valence-electron chi connectivity index (χ2n) is 18.5. The molecule has 3 aliphatic carbocycles. The number of likely N-dealkylation sites (tertiary alicyclic amines) is 1.